The van der Waals surface area contributed by atoms with E-state index >= 15 is 0 Å². The van der Waals surface area contributed by atoms with Gasteiger partial charge in [0.1, 0.15) is 17.5 Å². The number of anilines is 4. The quantitative estimate of drug-likeness (QED) is 0.775. The largest absolute Gasteiger partial charge is 0.373 e. The Morgan fingerprint density at radius 2 is 1.89 bits per heavy atom. The Morgan fingerprint density at radius 3 is 2.56 bits per heavy atom. The van der Waals surface area contributed by atoms with E-state index < -0.39 is 0 Å². The lowest BCUT2D eigenvalue weighted by Gasteiger charge is -2.09. The molecule has 0 amide bonds. The van der Waals surface area contributed by atoms with Gasteiger partial charge in [-0.1, -0.05) is 0 Å². The van der Waals surface area contributed by atoms with Gasteiger partial charge in [-0.3, -0.25) is 0 Å². The summed E-state index contributed by atoms with van der Waals surface area (Å²) in [5.41, 5.74) is 6.89. The maximum Gasteiger partial charge on any atom is 0.223 e. The molecule has 0 fully saturated rings. The van der Waals surface area contributed by atoms with Crippen LogP contribution in [0.3, 0.4) is 0 Å². The van der Waals surface area contributed by atoms with Gasteiger partial charge in [-0.15, -0.1) is 0 Å². The molecule has 0 saturated heterocycles. The zero-order valence-corrected chi connectivity index (χ0v) is 10.2. The molecule has 2 rings (SSSR count). The van der Waals surface area contributed by atoms with Crippen molar-refractivity contribution in [3.05, 3.63) is 35.6 Å². The monoisotopic (exact) mass is 247 g/mol. The van der Waals surface area contributed by atoms with E-state index in [4.69, 9.17) is 5.73 Å². The predicted molar refractivity (Wildman–Crippen MR) is 70.4 cm³/mol. The molecule has 2 aromatic rings. The number of aryl methyl sites for hydroxylation is 1. The summed E-state index contributed by atoms with van der Waals surface area (Å²) in [7, 11) is 1.74. The van der Waals surface area contributed by atoms with Crippen LogP contribution >= 0.6 is 0 Å². The highest BCUT2D eigenvalue weighted by molar-refractivity contribution is 5.61. The maximum atomic E-state index is 13.1. The lowest BCUT2D eigenvalue weighted by molar-refractivity contribution is 0.619. The molecule has 94 valence electrons. The molecule has 0 aliphatic rings. The van der Waals surface area contributed by atoms with Gasteiger partial charge in [0.25, 0.3) is 0 Å². The highest BCUT2D eigenvalue weighted by Gasteiger charge is 2.03. The van der Waals surface area contributed by atoms with Gasteiger partial charge in [0.15, 0.2) is 0 Å². The molecule has 0 unspecified atom stereocenters. The first-order valence-corrected chi connectivity index (χ1v) is 5.44. The van der Waals surface area contributed by atoms with E-state index in [-0.39, 0.29) is 11.8 Å². The second kappa shape index (κ2) is 4.87. The minimum atomic E-state index is -0.237. The lowest BCUT2D eigenvalue weighted by atomic mass is 10.2. The summed E-state index contributed by atoms with van der Waals surface area (Å²) >= 11 is 0. The summed E-state index contributed by atoms with van der Waals surface area (Å²) in [5, 5.41) is 5.93. The van der Waals surface area contributed by atoms with E-state index in [0.717, 1.165) is 5.69 Å². The molecule has 5 nitrogen and oxygen atoms in total. The zero-order chi connectivity index (χ0) is 13.1. The summed E-state index contributed by atoms with van der Waals surface area (Å²) in [6.07, 6.45) is 0. The Balaban J connectivity index is 2.27. The van der Waals surface area contributed by atoms with Gasteiger partial charge < -0.3 is 16.4 Å². The molecule has 18 heavy (non-hydrogen) atoms. The third kappa shape index (κ3) is 2.65. The van der Waals surface area contributed by atoms with Crippen molar-refractivity contribution >= 4 is 23.3 Å². The topological polar surface area (TPSA) is 75.9 Å². The van der Waals surface area contributed by atoms with Crippen LogP contribution in [0.5, 0.6) is 0 Å². The maximum absolute atomic E-state index is 13.1. The Kier molecular flexibility index (Phi) is 3.27. The van der Waals surface area contributed by atoms with Crippen molar-refractivity contribution in [2.24, 2.45) is 0 Å². The van der Waals surface area contributed by atoms with E-state index in [9.17, 15) is 4.39 Å². The number of nitrogens with zero attached hydrogens (tertiary/aromatic N) is 2. The molecule has 1 heterocycles. The number of nitrogens with two attached hydrogens (primary N) is 1. The predicted octanol–water partition coefficient (Wildman–Crippen LogP) is 2.29. The van der Waals surface area contributed by atoms with Crippen molar-refractivity contribution in [1.82, 2.24) is 9.97 Å². The van der Waals surface area contributed by atoms with Crippen LogP contribution in [-0.4, -0.2) is 17.0 Å². The lowest BCUT2D eigenvalue weighted by Crippen LogP contribution is -2.03. The summed E-state index contributed by atoms with van der Waals surface area (Å²) < 4.78 is 13.1. The normalized spacial score (nSPS) is 10.2. The molecule has 0 aliphatic heterocycles. The molecule has 1 aromatic carbocycles. The number of hydrogen-bond acceptors (Lipinski definition) is 5. The third-order valence-corrected chi connectivity index (χ3v) is 2.43. The molecule has 0 atom stereocenters. The van der Waals surface area contributed by atoms with Crippen molar-refractivity contribution in [2.45, 2.75) is 6.92 Å². The van der Waals surface area contributed by atoms with Crippen LogP contribution < -0.4 is 16.4 Å². The number of aromatic nitrogens is 2. The molecule has 0 aliphatic carbocycles. The van der Waals surface area contributed by atoms with E-state index in [1.165, 1.54) is 6.07 Å². The number of halogens is 1. The van der Waals surface area contributed by atoms with Crippen LogP contribution in [-0.2, 0) is 0 Å². The fraction of sp³-hybridized carbons (Fsp3) is 0.167. The third-order valence-electron chi connectivity index (χ3n) is 2.43. The fourth-order valence-electron chi connectivity index (χ4n) is 1.53. The second-order valence-corrected chi connectivity index (χ2v) is 3.84. The van der Waals surface area contributed by atoms with Gasteiger partial charge in [0.2, 0.25) is 5.95 Å². The van der Waals surface area contributed by atoms with Crippen molar-refractivity contribution in [2.75, 3.05) is 23.4 Å². The van der Waals surface area contributed by atoms with Gasteiger partial charge in [-0.25, -0.2) is 4.39 Å². The van der Waals surface area contributed by atoms with Crippen LogP contribution in [0.15, 0.2) is 24.3 Å². The standard InChI is InChI=1S/C12H14FN5/c1-7-5-8(3-4-9(7)13)16-11-6-10(15-2)17-12(14)18-11/h3-6H,1-2H3,(H4,14,15,16,17,18). The smallest absolute Gasteiger partial charge is 0.223 e. The Labute approximate surface area is 104 Å². The number of nitrogen functional groups attached to an aromatic ring is 1. The van der Waals surface area contributed by atoms with Crippen molar-refractivity contribution in [3.63, 3.8) is 0 Å². The Morgan fingerprint density at radius 1 is 1.17 bits per heavy atom. The Hall–Kier alpha value is -2.37. The van der Waals surface area contributed by atoms with Crippen LogP contribution in [0.25, 0.3) is 0 Å². The van der Waals surface area contributed by atoms with Gasteiger partial charge in [0, 0.05) is 18.8 Å². The molecular formula is C12H14FN5. The van der Waals surface area contributed by atoms with Crippen LogP contribution in [0.2, 0.25) is 0 Å². The van der Waals surface area contributed by atoms with Gasteiger partial charge in [-0.2, -0.15) is 9.97 Å². The number of nitrogens with one attached hydrogen (secondary N) is 2. The number of benzene rings is 1. The molecular weight excluding hydrogens is 233 g/mol. The number of hydrogen-bond donors (Lipinski definition) is 3. The van der Waals surface area contributed by atoms with Crippen molar-refractivity contribution in [3.8, 4) is 0 Å². The number of rotatable bonds is 3. The molecule has 0 saturated carbocycles. The molecule has 4 N–H and O–H groups in total. The molecule has 0 radical (unpaired) electrons. The SMILES string of the molecule is CNc1cc(Nc2ccc(F)c(C)c2)nc(N)n1. The van der Waals surface area contributed by atoms with Gasteiger partial charge >= 0.3 is 0 Å². The summed E-state index contributed by atoms with van der Waals surface area (Å²) in [6, 6.07) is 6.46. The molecule has 1 aromatic heterocycles. The first-order valence-electron chi connectivity index (χ1n) is 5.44. The van der Waals surface area contributed by atoms with E-state index in [1.54, 1.807) is 32.2 Å². The van der Waals surface area contributed by atoms with E-state index in [0.29, 0.717) is 17.2 Å². The molecule has 6 heteroatoms. The van der Waals surface area contributed by atoms with Crippen LogP contribution in [0.4, 0.5) is 27.7 Å². The average molecular weight is 247 g/mol. The second-order valence-electron chi connectivity index (χ2n) is 3.84. The van der Waals surface area contributed by atoms with Crippen molar-refractivity contribution in [1.29, 1.82) is 0 Å². The first kappa shape index (κ1) is 12.1. The highest BCUT2D eigenvalue weighted by Crippen LogP contribution is 2.20. The average Bonchev–Trinajstić information content (AvgIpc) is 2.33. The van der Waals surface area contributed by atoms with E-state index in [2.05, 4.69) is 20.6 Å². The molecule has 0 spiro atoms. The minimum absolute atomic E-state index is 0.170. The summed E-state index contributed by atoms with van der Waals surface area (Å²) in [4.78, 5) is 8.03. The van der Waals surface area contributed by atoms with Crippen molar-refractivity contribution < 1.29 is 4.39 Å². The van der Waals surface area contributed by atoms with E-state index in [1.807, 2.05) is 0 Å². The van der Waals surface area contributed by atoms with Crippen LogP contribution in [0.1, 0.15) is 5.56 Å². The molecule has 0 bridgehead atoms. The van der Waals surface area contributed by atoms with Gasteiger partial charge in [0.05, 0.1) is 0 Å². The van der Waals surface area contributed by atoms with Crippen LogP contribution in [0, 0.1) is 12.7 Å². The minimum Gasteiger partial charge on any atom is -0.373 e. The Bertz CT molecular complexity index is 570. The fourth-order valence-corrected chi connectivity index (χ4v) is 1.53. The zero-order valence-electron chi connectivity index (χ0n) is 10.2. The highest BCUT2D eigenvalue weighted by atomic mass is 19.1. The first-order chi connectivity index (χ1) is 8.58. The summed E-state index contributed by atoms with van der Waals surface area (Å²) in [6.45, 7) is 1.70. The van der Waals surface area contributed by atoms with Gasteiger partial charge in [-0.05, 0) is 30.7 Å². The summed E-state index contributed by atoms with van der Waals surface area (Å²) in [5.74, 6) is 1.10.